The predicted octanol–water partition coefficient (Wildman–Crippen LogP) is 2.89. The fourth-order valence-corrected chi connectivity index (χ4v) is 4.24. The first-order valence-electron chi connectivity index (χ1n) is 10.5. The van der Waals surface area contributed by atoms with Gasteiger partial charge in [-0.1, -0.05) is 30.3 Å². The number of hydrogen-bond donors (Lipinski definition) is 0. The van der Waals surface area contributed by atoms with E-state index in [2.05, 4.69) is 0 Å². The van der Waals surface area contributed by atoms with Crippen LogP contribution in [0.3, 0.4) is 0 Å². The summed E-state index contributed by atoms with van der Waals surface area (Å²) >= 11 is 0. The van der Waals surface area contributed by atoms with Gasteiger partial charge >= 0.3 is 0 Å². The predicted molar refractivity (Wildman–Crippen MR) is 114 cm³/mol. The first-order valence-corrected chi connectivity index (χ1v) is 10.5. The number of hydrogen-bond acceptors (Lipinski definition) is 5. The van der Waals surface area contributed by atoms with Gasteiger partial charge in [0, 0.05) is 25.3 Å². The van der Waals surface area contributed by atoms with Crippen LogP contribution in [0.15, 0.2) is 48.5 Å². The fourth-order valence-electron chi connectivity index (χ4n) is 4.24. The smallest absolute Gasteiger partial charge is 0.262 e. The summed E-state index contributed by atoms with van der Waals surface area (Å²) in [5, 5.41) is 0. The maximum atomic E-state index is 13.5. The molecule has 7 nitrogen and oxygen atoms in total. The molecule has 0 radical (unpaired) electrons. The Bertz CT molecular complexity index is 964. The third-order valence-electron chi connectivity index (χ3n) is 5.88. The second-order valence-electron chi connectivity index (χ2n) is 7.87. The molecule has 0 spiro atoms. The molecule has 3 amide bonds. The van der Waals surface area contributed by atoms with Crippen molar-refractivity contribution in [3.63, 3.8) is 0 Å². The van der Waals surface area contributed by atoms with Crippen molar-refractivity contribution >= 4 is 17.7 Å². The zero-order chi connectivity index (χ0) is 22.0. The van der Waals surface area contributed by atoms with E-state index >= 15 is 0 Å². The van der Waals surface area contributed by atoms with Gasteiger partial charge in [-0.3, -0.25) is 19.3 Å². The number of carbonyl (C=O) groups is 3. The number of carbonyl (C=O) groups excluding carboxylic acids is 3. The molecule has 2 aromatic carbocycles. The highest BCUT2D eigenvalue weighted by Gasteiger charge is 2.42. The Morgan fingerprint density at radius 2 is 1.77 bits per heavy atom. The molecule has 0 aromatic heterocycles. The lowest BCUT2D eigenvalue weighted by molar-refractivity contribution is -0.137. The van der Waals surface area contributed by atoms with Gasteiger partial charge < -0.3 is 14.4 Å². The van der Waals surface area contributed by atoms with Crippen LogP contribution in [-0.4, -0.2) is 59.9 Å². The van der Waals surface area contributed by atoms with Gasteiger partial charge in [0.05, 0.1) is 24.3 Å². The molecule has 4 rings (SSSR count). The molecular weight excluding hydrogens is 396 g/mol. The molecule has 2 heterocycles. The molecule has 0 saturated carbocycles. The number of methoxy groups -OCH3 is 1. The van der Waals surface area contributed by atoms with Gasteiger partial charge in [-0.25, -0.2) is 0 Å². The molecule has 2 aromatic rings. The van der Waals surface area contributed by atoms with Gasteiger partial charge in [0.15, 0.2) is 0 Å². The van der Waals surface area contributed by atoms with E-state index in [0.717, 1.165) is 23.3 Å². The van der Waals surface area contributed by atoms with E-state index < -0.39 is 17.9 Å². The Morgan fingerprint density at radius 3 is 2.39 bits per heavy atom. The van der Waals surface area contributed by atoms with Gasteiger partial charge in [0.25, 0.3) is 11.8 Å². The Morgan fingerprint density at radius 1 is 1.13 bits per heavy atom. The Balaban J connectivity index is 1.59. The third-order valence-corrected chi connectivity index (χ3v) is 5.88. The van der Waals surface area contributed by atoms with Crippen LogP contribution < -0.4 is 4.74 Å². The first kappa shape index (κ1) is 21.1. The lowest BCUT2D eigenvalue weighted by Crippen LogP contribution is -2.50. The second kappa shape index (κ2) is 8.89. The highest BCUT2D eigenvalue weighted by atomic mass is 16.5. The normalized spacial score (nSPS) is 18.8. The van der Waals surface area contributed by atoms with Crippen LogP contribution in [0.25, 0.3) is 0 Å². The standard InChI is InChI=1S/C24H26N2O5/c1-16(26-23(28)19-10-4-5-11-20(19)24(26)29)22(27)25(15-18-9-7-13-31-18)14-17-8-3-6-12-21(17)30-2/h3-6,8,10-12,16,18H,7,9,13-15H2,1-2H3. The van der Waals surface area contributed by atoms with Crippen LogP contribution in [0.2, 0.25) is 0 Å². The van der Waals surface area contributed by atoms with Crippen molar-refractivity contribution in [1.29, 1.82) is 0 Å². The molecule has 2 unspecified atom stereocenters. The average molecular weight is 422 g/mol. The van der Waals surface area contributed by atoms with Crippen molar-refractivity contribution in [2.75, 3.05) is 20.3 Å². The van der Waals surface area contributed by atoms with Gasteiger partial charge in [-0.2, -0.15) is 0 Å². The summed E-state index contributed by atoms with van der Waals surface area (Å²) < 4.78 is 11.2. The van der Waals surface area contributed by atoms with Crippen molar-refractivity contribution in [2.24, 2.45) is 0 Å². The maximum absolute atomic E-state index is 13.5. The maximum Gasteiger partial charge on any atom is 0.262 e. The molecule has 162 valence electrons. The summed E-state index contributed by atoms with van der Waals surface area (Å²) in [6.45, 7) is 2.98. The quantitative estimate of drug-likeness (QED) is 0.642. The van der Waals surface area contributed by atoms with E-state index in [0.29, 0.717) is 36.6 Å². The van der Waals surface area contributed by atoms with Crippen LogP contribution in [0.5, 0.6) is 5.75 Å². The lowest BCUT2D eigenvalue weighted by atomic mass is 10.1. The number of nitrogens with zero attached hydrogens (tertiary/aromatic N) is 2. The fraction of sp³-hybridized carbons (Fsp3) is 0.375. The number of ether oxygens (including phenoxy) is 2. The summed E-state index contributed by atoms with van der Waals surface area (Å²) in [6, 6.07) is 13.2. The van der Waals surface area contributed by atoms with Crippen LogP contribution in [0.1, 0.15) is 46.0 Å². The van der Waals surface area contributed by atoms with Crippen molar-refractivity contribution in [3.8, 4) is 5.75 Å². The molecule has 2 aliphatic rings. The van der Waals surface area contributed by atoms with E-state index in [4.69, 9.17) is 9.47 Å². The minimum Gasteiger partial charge on any atom is -0.496 e. The zero-order valence-electron chi connectivity index (χ0n) is 17.7. The monoisotopic (exact) mass is 422 g/mol. The summed E-state index contributed by atoms with van der Waals surface area (Å²) in [5.74, 6) is -0.483. The largest absolute Gasteiger partial charge is 0.496 e. The number of benzene rings is 2. The van der Waals surface area contributed by atoms with Crippen molar-refractivity contribution in [1.82, 2.24) is 9.80 Å². The van der Waals surface area contributed by atoms with Gasteiger partial charge in [0.2, 0.25) is 5.91 Å². The average Bonchev–Trinajstić information content (AvgIpc) is 3.39. The first-order chi connectivity index (χ1) is 15.0. The molecule has 0 aliphatic carbocycles. The van der Waals surface area contributed by atoms with Gasteiger partial charge in [-0.15, -0.1) is 0 Å². The van der Waals surface area contributed by atoms with Crippen LogP contribution in [-0.2, 0) is 16.1 Å². The van der Waals surface area contributed by atoms with Crippen LogP contribution in [0.4, 0.5) is 0 Å². The molecule has 7 heteroatoms. The highest BCUT2D eigenvalue weighted by molar-refractivity contribution is 6.22. The number of fused-ring (bicyclic) bond motifs is 1. The van der Waals surface area contributed by atoms with E-state index in [9.17, 15) is 14.4 Å². The third kappa shape index (κ3) is 4.05. The molecule has 1 fully saturated rings. The molecule has 31 heavy (non-hydrogen) atoms. The highest BCUT2D eigenvalue weighted by Crippen LogP contribution is 2.27. The van der Waals surface area contributed by atoms with E-state index in [1.807, 2.05) is 24.3 Å². The minimum absolute atomic E-state index is 0.0620. The molecule has 0 bridgehead atoms. The Labute approximate surface area is 181 Å². The summed E-state index contributed by atoms with van der Waals surface area (Å²) in [6.07, 6.45) is 1.76. The van der Waals surface area contributed by atoms with E-state index in [1.165, 1.54) is 0 Å². The number of imide groups is 1. The number of amides is 3. The summed E-state index contributed by atoms with van der Waals surface area (Å²) in [5.41, 5.74) is 1.52. The minimum atomic E-state index is -0.927. The second-order valence-corrected chi connectivity index (χ2v) is 7.87. The zero-order valence-corrected chi connectivity index (χ0v) is 17.7. The van der Waals surface area contributed by atoms with Crippen molar-refractivity contribution in [2.45, 2.75) is 38.5 Å². The Kier molecular flexibility index (Phi) is 6.04. The summed E-state index contributed by atoms with van der Waals surface area (Å²) in [4.78, 5) is 42.0. The van der Waals surface area contributed by atoms with Crippen LogP contribution >= 0.6 is 0 Å². The molecule has 1 saturated heterocycles. The van der Waals surface area contributed by atoms with Crippen LogP contribution in [0, 0.1) is 0 Å². The van der Waals surface area contributed by atoms with Crippen molar-refractivity contribution in [3.05, 3.63) is 65.2 Å². The number of rotatable bonds is 7. The SMILES string of the molecule is COc1ccccc1CN(CC1CCCO1)C(=O)C(C)N1C(=O)c2ccccc2C1=O. The summed E-state index contributed by atoms with van der Waals surface area (Å²) in [7, 11) is 1.59. The topological polar surface area (TPSA) is 76.2 Å². The lowest BCUT2D eigenvalue weighted by Gasteiger charge is -2.31. The number of para-hydroxylation sites is 1. The van der Waals surface area contributed by atoms with Gasteiger partial charge in [-0.05, 0) is 38.0 Å². The van der Waals surface area contributed by atoms with E-state index in [-0.39, 0.29) is 12.0 Å². The van der Waals surface area contributed by atoms with E-state index in [1.54, 1.807) is 43.2 Å². The molecule has 2 aliphatic heterocycles. The molecule has 0 N–H and O–H groups in total. The Hall–Kier alpha value is -3.19. The van der Waals surface area contributed by atoms with Gasteiger partial charge in [0.1, 0.15) is 11.8 Å². The molecule has 2 atom stereocenters. The van der Waals surface area contributed by atoms with Crippen molar-refractivity contribution < 1.29 is 23.9 Å². The molecular formula is C24H26N2O5.